The van der Waals surface area contributed by atoms with Crippen molar-refractivity contribution in [3.63, 3.8) is 0 Å². The minimum absolute atomic E-state index is 0.0726. The smallest absolute Gasteiger partial charge is 0.339 e. The van der Waals surface area contributed by atoms with Crippen LogP contribution in [0, 0.1) is 17.7 Å². The van der Waals surface area contributed by atoms with E-state index in [-0.39, 0.29) is 35.4 Å². The number of rotatable bonds is 7. The number of ether oxygens (including phenoxy) is 1. The van der Waals surface area contributed by atoms with Gasteiger partial charge in [0.15, 0.2) is 5.82 Å². The van der Waals surface area contributed by atoms with Crippen molar-refractivity contribution in [2.24, 2.45) is 11.8 Å². The normalized spacial score (nSPS) is 26.6. The molecule has 9 heteroatoms. The number of anilines is 1. The van der Waals surface area contributed by atoms with Crippen LogP contribution in [0.1, 0.15) is 53.9 Å². The van der Waals surface area contributed by atoms with Gasteiger partial charge in [0.05, 0.1) is 13.5 Å². The molecule has 8 nitrogen and oxygen atoms in total. The van der Waals surface area contributed by atoms with Crippen LogP contribution in [0.5, 0.6) is 5.75 Å². The number of methoxy groups -OCH3 is 1. The minimum Gasteiger partial charge on any atom is -0.494 e. The summed E-state index contributed by atoms with van der Waals surface area (Å²) in [5.41, 5.74) is 0.683. The molecule has 1 saturated carbocycles. The van der Waals surface area contributed by atoms with Crippen molar-refractivity contribution in [2.45, 2.75) is 44.1 Å². The van der Waals surface area contributed by atoms with Crippen LogP contribution in [0.25, 0.3) is 0 Å². The van der Waals surface area contributed by atoms with Crippen molar-refractivity contribution in [1.29, 1.82) is 0 Å². The van der Waals surface area contributed by atoms with Crippen molar-refractivity contribution in [1.82, 2.24) is 4.90 Å². The van der Waals surface area contributed by atoms with Gasteiger partial charge in [0.2, 0.25) is 5.78 Å². The van der Waals surface area contributed by atoms with Gasteiger partial charge in [-0.3, -0.25) is 14.5 Å². The van der Waals surface area contributed by atoms with Gasteiger partial charge in [0, 0.05) is 42.7 Å². The van der Waals surface area contributed by atoms with Gasteiger partial charge in [0.25, 0.3) is 0 Å². The summed E-state index contributed by atoms with van der Waals surface area (Å²) in [5.74, 6) is -2.89. The highest BCUT2D eigenvalue weighted by Gasteiger charge is 2.45. The monoisotopic (exact) mass is 472 g/mol. The lowest BCUT2D eigenvalue weighted by molar-refractivity contribution is -0.137. The van der Waals surface area contributed by atoms with Crippen LogP contribution in [0.4, 0.5) is 10.1 Å². The maximum absolute atomic E-state index is 15.6. The molecule has 2 aliphatic heterocycles. The summed E-state index contributed by atoms with van der Waals surface area (Å²) in [7, 11) is 1.46. The molecule has 4 aliphatic rings. The molecule has 0 spiro atoms. The number of benzene rings is 1. The fourth-order valence-electron chi connectivity index (χ4n) is 6.10. The van der Waals surface area contributed by atoms with Gasteiger partial charge in [-0.25, -0.2) is 9.18 Å². The number of likely N-dealkylation sites (tertiary alicyclic amines) is 1. The number of hydrogen-bond donors (Lipinski definition) is 2. The zero-order valence-corrected chi connectivity index (χ0v) is 19.1. The van der Waals surface area contributed by atoms with Crippen LogP contribution in [0.3, 0.4) is 0 Å². The number of ketones is 1. The Kier molecular flexibility index (Phi) is 5.83. The molecule has 182 valence electrons. The molecule has 2 saturated heterocycles. The number of carbonyl (C=O) groups excluding carboxylic acids is 1. The molecule has 2 aliphatic carbocycles. The van der Waals surface area contributed by atoms with Crippen LogP contribution in [0.15, 0.2) is 17.7 Å². The second-order valence-electron chi connectivity index (χ2n) is 9.83. The van der Waals surface area contributed by atoms with Crippen molar-refractivity contribution < 1.29 is 33.7 Å². The highest BCUT2D eigenvalue weighted by atomic mass is 19.1. The van der Waals surface area contributed by atoms with Crippen molar-refractivity contribution >= 4 is 23.4 Å². The van der Waals surface area contributed by atoms with E-state index in [1.807, 2.05) is 4.90 Å². The maximum atomic E-state index is 15.6. The molecule has 2 heterocycles. The molecule has 0 amide bonds. The third kappa shape index (κ3) is 3.85. The number of allylic oxidation sites excluding steroid dienone is 1. The van der Waals surface area contributed by atoms with Gasteiger partial charge >= 0.3 is 11.9 Å². The van der Waals surface area contributed by atoms with Crippen LogP contribution in [-0.4, -0.2) is 72.2 Å². The van der Waals surface area contributed by atoms with E-state index in [1.165, 1.54) is 19.3 Å². The average Bonchev–Trinajstić information content (AvgIpc) is 3.55. The number of Topliss-reactive ketones (excluding diaryl/α,β-unsaturated/α-hetero) is 1. The Hall–Kier alpha value is -2.94. The van der Waals surface area contributed by atoms with E-state index in [0.29, 0.717) is 42.6 Å². The van der Waals surface area contributed by atoms with Crippen molar-refractivity contribution in [3.05, 3.63) is 34.7 Å². The Balaban J connectivity index is 1.52. The predicted molar refractivity (Wildman–Crippen MR) is 121 cm³/mol. The molecule has 2 N–H and O–H groups in total. The Morgan fingerprint density at radius 3 is 2.59 bits per heavy atom. The first-order valence-corrected chi connectivity index (χ1v) is 11.9. The lowest BCUT2D eigenvalue weighted by atomic mass is 9.79. The Labute approximate surface area is 197 Å². The van der Waals surface area contributed by atoms with Crippen molar-refractivity contribution in [3.8, 4) is 5.75 Å². The standard InChI is InChI=1S/C25H29FN2O6/c1-34-24-21-15(13-4-5-13)9-17(25(32)33)23(31)16(21)10-18(26)22(24)28-11-14-3-2-7-27(19(14)12-28)8-6-20(29)30/h9-10,13-15,19H,2-8,11-12H2,1H3,(H,29,30)(H,32,33)/t14-,15?,19+/m0/s1. The van der Waals surface area contributed by atoms with Gasteiger partial charge in [-0.05, 0) is 50.1 Å². The van der Waals surface area contributed by atoms with E-state index in [9.17, 15) is 19.5 Å². The third-order valence-corrected chi connectivity index (χ3v) is 7.81. The number of nitrogens with zero attached hydrogens (tertiary/aromatic N) is 2. The predicted octanol–water partition coefficient (Wildman–Crippen LogP) is 2.91. The van der Waals surface area contributed by atoms with Crippen molar-refractivity contribution in [2.75, 3.05) is 38.2 Å². The molecule has 3 atom stereocenters. The summed E-state index contributed by atoms with van der Waals surface area (Å²) in [6.07, 6.45) is 5.40. The largest absolute Gasteiger partial charge is 0.494 e. The first-order valence-electron chi connectivity index (χ1n) is 11.9. The number of hydrogen-bond acceptors (Lipinski definition) is 6. The van der Waals surface area contributed by atoms with E-state index in [2.05, 4.69) is 4.90 Å². The summed E-state index contributed by atoms with van der Waals surface area (Å²) in [6.45, 7) is 2.47. The van der Waals surface area contributed by atoms with Crippen LogP contribution in [-0.2, 0) is 9.59 Å². The lowest BCUT2D eigenvalue weighted by Crippen LogP contribution is -2.45. The van der Waals surface area contributed by atoms with Crippen LogP contribution in [0.2, 0.25) is 0 Å². The van der Waals surface area contributed by atoms with Gasteiger partial charge < -0.3 is 19.8 Å². The second-order valence-corrected chi connectivity index (χ2v) is 9.83. The molecule has 0 aromatic heterocycles. The van der Waals surface area contributed by atoms with E-state index in [1.54, 1.807) is 0 Å². The average molecular weight is 473 g/mol. The first-order chi connectivity index (χ1) is 16.3. The highest BCUT2D eigenvalue weighted by Crippen LogP contribution is 2.53. The maximum Gasteiger partial charge on any atom is 0.339 e. The highest BCUT2D eigenvalue weighted by molar-refractivity contribution is 6.25. The number of carboxylic acid groups (broad SMARTS) is 2. The number of piperidine rings is 1. The van der Waals surface area contributed by atoms with E-state index in [0.717, 1.165) is 32.2 Å². The van der Waals surface area contributed by atoms with Gasteiger partial charge in [-0.15, -0.1) is 0 Å². The Morgan fingerprint density at radius 1 is 1.18 bits per heavy atom. The quantitative estimate of drug-likeness (QED) is 0.584. The number of carboxylic acids is 2. The van der Waals surface area contributed by atoms with E-state index < -0.39 is 23.5 Å². The lowest BCUT2D eigenvalue weighted by Gasteiger charge is -2.36. The molecule has 0 bridgehead atoms. The fourth-order valence-corrected chi connectivity index (χ4v) is 6.10. The molecular formula is C25H29FN2O6. The first kappa shape index (κ1) is 22.8. The number of carbonyl (C=O) groups is 3. The number of halogens is 1. The summed E-state index contributed by atoms with van der Waals surface area (Å²) in [6, 6.07) is 1.32. The topological polar surface area (TPSA) is 107 Å². The SMILES string of the molecule is COc1c2c(cc(F)c1N1C[C@@H]3CCCN(CCC(=O)O)[C@@H]3C1)C(=O)C(C(=O)O)=CC2C1CC1. The molecule has 3 fully saturated rings. The molecule has 34 heavy (non-hydrogen) atoms. The molecular weight excluding hydrogens is 443 g/mol. The molecule has 1 unspecified atom stereocenters. The summed E-state index contributed by atoms with van der Waals surface area (Å²) in [4.78, 5) is 39.9. The molecule has 0 radical (unpaired) electrons. The fraction of sp³-hybridized carbons (Fsp3) is 0.560. The third-order valence-electron chi connectivity index (χ3n) is 7.81. The number of aliphatic carboxylic acids is 2. The Bertz CT molecular complexity index is 1080. The molecule has 1 aromatic carbocycles. The van der Waals surface area contributed by atoms with E-state index in [4.69, 9.17) is 9.84 Å². The summed E-state index contributed by atoms with van der Waals surface area (Å²) in [5, 5.41) is 18.6. The van der Waals surface area contributed by atoms with E-state index >= 15 is 4.39 Å². The van der Waals surface area contributed by atoms with Crippen LogP contribution < -0.4 is 9.64 Å². The number of fused-ring (bicyclic) bond motifs is 2. The minimum atomic E-state index is -1.30. The van der Waals surface area contributed by atoms with Gasteiger partial charge in [0.1, 0.15) is 17.0 Å². The molecule has 5 rings (SSSR count). The van der Waals surface area contributed by atoms with Gasteiger partial charge in [-0.1, -0.05) is 6.08 Å². The summed E-state index contributed by atoms with van der Waals surface area (Å²) < 4.78 is 21.4. The Morgan fingerprint density at radius 2 is 1.94 bits per heavy atom. The van der Waals surface area contributed by atoms with Gasteiger partial charge in [-0.2, -0.15) is 0 Å². The zero-order valence-electron chi connectivity index (χ0n) is 19.1. The molecule has 1 aromatic rings. The second kappa shape index (κ2) is 8.69. The zero-order chi connectivity index (χ0) is 24.1. The summed E-state index contributed by atoms with van der Waals surface area (Å²) >= 11 is 0. The van der Waals surface area contributed by atoms with Crippen LogP contribution >= 0.6 is 0 Å².